The molecule has 0 unspecified atom stereocenters. The van der Waals surface area contributed by atoms with Gasteiger partial charge in [0.2, 0.25) is 15.9 Å². The first-order chi connectivity index (χ1) is 16.7. The first kappa shape index (κ1) is 25.2. The van der Waals surface area contributed by atoms with Gasteiger partial charge in [-0.25, -0.2) is 8.42 Å². The largest absolute Gasteiger partial charge is 0.478 e. The van der Waals surface area contributed by atoms with Crippen LogP contribution in [-0.4, -0.2) is 50.3 Å². The summed E-state index contributed by atoms with van der Waals surface area (Å²) < 4.78 is 34.3. The lowest BCUT2D eigenvalue weighted by molar-refractivity contribution is -0.126. The second-order valence-electron chi connectivity index (χ2n) is 9.38. The number of benzene rings is 2. The molecule has 2 aliphatic heterocycles. The Labute approximate surface area is 207 Å². The van der Waals surface area contributed by atoms with Crippen LogP contribution in [0.1, 0.15) is 50.2 Å². The van der Waals surface area contributed by atoms with Crippen molar-refractivity contribution >= 4 is 27.5 Å². The summed E-state index contributed by atoms with van der Waals surface area (Å²) in [5, 5.41) is 5.80. The van der Waals surface area contributed by atoms with Gasteiger partial charge in [0, 0.05) is 25.7 Å². The molecule has 9 heteroatoms. The van der Waals surface area contributed by atoms with Crippen LogP contribution < -0.4 is 15.4 Å². The van der Waals surface area contributed by atoms with Crippen LogP contribution in [0.25, 0.3) is 0 Å². The van der Waals surface area contributed by atoms with Crippen molar-refractivity contribution in [2.45, 2.75) is 57.0 Å². The van der Waals surface area contributed by atoms with Crippen molar-refractivity contribution in [2.24, 2.45) is 5.92 Å². The Kier molecular flexibility index (Phi) is 7.47. The van der Waals surface area contributed by atoms with Crippen LogP contribution in [-0.2, 0) is 19.6 Å². The van der Waals surface area contributed by atoms with Crippen LogP contribution in [0.15, 0.2) is 47.4 Å². The molecule has 0 spiro atoms. The van der Waals surface area contributed by atoms with Crippen molar-refractivity contribution in [2.75, 3.05) is 25.0 Å². The Morgan fingerprint density at radius 3 is 2.71 bits per heavy atom. The highest BCUT2D eigenvalue weighted by molar-refractivity contribution is 7.89. The van der Waals surface area contributed by atoms with E-state index in [1.54, 1.807) is 13.0 Å². The molecule has 35 heavy (non-hydrogen) atoms. The summed E-state index contributed by atoms with van der Waals surface area (Å²) in [6.45, 7) is 6.58. The molecule has 2 aromatic carbocycles. The average Bonchev–Trinajstić information content (AvgIpc) is 2.86. The van der Waals surface area contributed by atoms with E-state index >= 15 is 0 Å². The molecule has 0 bridgehead atoms. The summed E-state index contributed by atoms with van der Waals surface area (Å²) in [5.74, 6) is -0.247. The monoisotopic (exact) mass is 499 g/mol. The van der Waals surface area contributed by atoms with Gasteiger partial charge in [-0.05, 0) is 49.3 Å². The first-order valence-corrected chi connectivity index (χ1v) is 13.6. The second-order valence-corrected chi connectivity index (χ2v) is 11.3. The van der Waals surface area contributed by atoms with Crippen LogP contribution in [0.2, 0.25) is 0 Å². The minimum absolute atomic E-state index is 0.119. The molecule has 3 atom stereocenters. The molecular formula is C26H33N3O5S. The number of nitrogens with zero attached hydrogens (tertiary/aromatic N) is 1. The third-order valence-electron chi connectivity index (χ3n) is 6.79. The van der Waals surface area contributed by atoms with E-state index in [1.807, 2.05) is 37.3 Å². The zero-order chi connectivity index (χ0) is 25.2. The molecule has 1 fully saturated rings. The number of carbonyl (C=O) groups excluding carboxylic acids is 2. The van der Waals surface area contributed by atoms with E-state index in [9.17, 15) is 18.0 Å². The first-order valence-electron chi connectivity index (χ1n) is 12.2. The van der Waals surface area contributed by atoms with E-state index < -0.39 is 22.0 Å². The topological polar surface area (TPSA) is 105 Å². The number of rotatable bonds is 7. The molecule has 0 saturated carbocycles. The summed E-state index contributed by atoms with van der Waals surface area (Å²) in [6.07, 6.45) is 1.09. The number of anilines is 1. The Balaban J connectivity index is 1.46. The SMILES string of the molecule is CC[C@@H]1Oc2cc(S(=O)(=O)N3CCC[C@@H](C(=O)NC[C@@H](C)c4ccccc4)C3)c(C)cc2NC1=O. The Hall–Kier alpha value is -2.91. The zero-order valence-corrected chi connectivity index (χ0v) is 21.2. The van der Waals surface area contributed by atoms with Crippen LogP contribution in [0.5, 0.6) is 5.75 Å². The lowest BCUT2D eigenvalue weighted by atomic mass is 9.97. The number of nitrogens with one attached hydrogen (secondary N) is 2. The zero-order valence-electron chi connectivity index (χ0n) is 20.4. The summed E-state index contributed by atoms with van der Waals surface area (Å²) in [4.78, 5) is 25.2. The van der Waals surface area contributed by atoms with E-state index in [2.05, 4.69) is 17.6 Å². The van der Waals surface area contributed by atoms with Gasteiger partial charge >= 0.3 is 0 Å². The van der Waals surface area contributed by atoms with Gasteiger partial charge in [-0.2, -0.15) is 4.31 Å². The molecule has 2 N–H and O–H groups in total. The maximum atomic E-state index is 13.6. The van der Waals surface area contributed by atoms with Gasteiger partial charge in [0.25, 0.3) is 5.91 Å². The van der Waals surface area contributed by atoms with Gasteiger partial charge in [-0.1, -0.05) is 44.2 Å². The van der Waals surface area contributed by atoms with Crippen LogP contribution in [0.3, 0.4) is 0 Å². The van der Waals surface area contributed by atoms with Crippen molar-refractivity contribution in [1.29, 1.82) is 0 Å². The lowest BCUT2D eigenvalue weighted by Gasteiger charge is -2.32. The van der Waals surface area contributed by atoms with Gasteiger partial charge in [0.05, 0.1) is 16.5 Å². The number of piperidine rings is 1. The van der Waals surface area contributed by atoms with Gasteiger partial charge in [-0.3, -0.25) is 9.59 Å². The van der Waals surface area contributed by atoms with Crippen LogP contribution in [0, 0.1) is 12.8 Å². The standard InChI is InChI=1S/C26H33N3O5S/c1-4-22-26(31)28-21-13-17(2)24(14-23(21)34-22)35(32,33)29-12-8-11-20(16-29)25(30)27-15-18(3)19-9-6-5-7-10-19/h5-7,9-10,13-14,18,20,22H,4,8,11-12,15-16H2,1-3H3,(H,27,30)(H,28,31)/t18-,20-,22+/m1/s1. The highest BCUT2D eigenvalue weighted by Gasteiger charge is 2.36. The number of ether oxygens (including phenoxy) is 1. The average molecular weight is 500 g/mol. The van der Waals surface area contributed by atoms with Crippen LogP contribution >= 0.6 is 0 Å². The Morgan fingerprint density at radius 2 is 2.00 bits per heavy atom. The van der Waals surface area contributed by atoms with Crippen molar-refractivity contribution in [3.05, 3.63) is 53.6 Å². The molecule has 8 nitrogen and oxygen atoms in total. The Morgan fingerprint density at radius 1 is 1.26 bits per heavy atom. The molecule has 0 radical (unpaired) electrons. The van der Waals surface area contributed by atoms with Crippen molar-refractivity contribution in [1.82, 2.24) is 9.62 Å². The summed E-state index contributed by atoms with van der Waals surface area (Å²) in [7, 11) is -3.84. The summed E-state index contributed by atoms with van der Waals surface area (Å²) >= 11 is 0. The quantitative estimate of drug-likeness (QED) is 0.607. The predicted molar refractivity (Wildman–Crippen MR) is 134 cm³/mol. The molecule has 0 aliphatic carbocycles. The normalized spacial score (nSPS) is 21.4. The fourth-order valence-corrected chi connectivity index (χ4v) is 6.39. The number of hydrogen-bond acceptors (Lipinski definition) is 5. The summed E-state index contributed by atoms with van der Waals surface area (Å²) in [5.41, 5.74) is 2.14. The fourth-order valence-electron chi connectivity index (χ4n) is 4.64. The molecule has 1 saturated heterocycles. The number of aryl methyl sites for hydroxylation is 1. The van der Waals surface area contributed by atoms with E-state index in [1.165, 1.54) is 10.4 Å². The predicted octanol–water partition coefficient (Wildman–Crippen LogP) is 3.43. The maximum Gasteiger partial charge on any atom is 0.265 e. The number of hydrogen-bond donors (Lipinski definition) is 2. The highest BCUT2D eigenvalue weighted by Crippen LogP contribution is 2.36. The van der Waals surface area contributed by atoms with Crippen LogP contribution in [0.4, 0.5) is 5.69 Å². The molecule has 2 amide bonds. The number of fused-ring (bicyclic) bond motifs is 1. The molecule has 2 aliphatic rings. The smallest absolute Gasteiger partial charge is 0.265 e. The third-order valence-corrected chi connectivity index (χ3v) is 8.80. The lowest BCUT2D eigenvalue weighted by Crippen LogP contribution is -2.46. The minimum Gasteiger partial charge on any atom is -0.478 e. The molecule has 0 aromatic heterocycles. The number of sulfonamides is 1. The van der Waals surface area contributed by atoms with E-state index in [-0.39, 0.29) is 29.2 Å². The number of amides is 2. The summed E-state index contributed by atoms with van der Waals surface area (Å²) in [6, 6.07) is 13.1. The molecule has 4 rings (SSSR count). The molecule has 2 aromatic rings. The van der Waals surface area contributed by atoms with Gasteiger partial charge in [0.1, 0.15) is 5.75 Å². The van der Waals surface area contributed by atoms with E-state index in [0.29, 0.717) is 49.4 Å². The molecule has 188 valence electrons. The van der Waals surface area contributed by atoms with E-state index in [4.69, 9.17) is 4.74 Å². The van der Waals surface area contributed by atoms with Crippen molar-refractivity contribution < 1.29 is 22.7 Å². The fraction of sp³-hybridized carbons (Fsp3) is 0.462. The Bertz CT molecular complexity index is 1200. The third kappa shape index (κ3) is 5.36. The van der Waals surface area contributed by atoms with Gasteiger partial charge in [0.15, 0.2) is 6.10 Å². The number of carbonyl (C=O) groups is 2. The van der Waals surface area contributed by atoms with Crippen molar-refractivity contribution in [3.8, 4) is 5.75 Å². The van der Waals surface area contributed by atoms with E-state index in [0.717, 1.165) is 5.56 Å². The minimum atomic E-state index is -3.84. The highest BCUT2D eigenvalue weighted by atomic mass is 32.2. The molecule has 2 heterocycles. The molecular weight excluding hydrogens is 466 g/mol. The van der Waals surface area contributed by atoms with Gasteiger partial charge in [-0.15, -0.1) is 0 Å². The van der Waals surface area contributed by atoms with Crippen molar-refractivity contribution in [3.63, 3.8) is 0 Å². The maximum absolute atomic E-state index is 13.6. The second kappa shape index (κ2) is 10.4. The van der Waals surface area contributed by atoms with Gasteiger partial charge < -0.3 is 15.4 Å².